The molecule has 2 saturated heterocycles. The molecule has 2 aliphatic heterocycles. The molecule has 3 nitrogen and oxygen atoms in total. The van der Waals surface area contributed by atoms with Crippen molar-refractivity contribution in [3.63, 3.8) is 0 Å². The topological polar surface area (TPSA) is 33.8 Å². The van der Waals surface area contributed by atoms with Gasteiger partial charge in [-0.3, -0.25) is 5.32 Å². The van der Waals surface area contributed by atoms with E-state index in [2.05, 4.69) is 4.74 Å². The Morgan fingerprint density at radius 2 is 1.45 bits per heavy atom. The van der Waals surface area contributed by atoms with E-state index < -0.39 is 36.0 Å². The van der Waals surface area contributed by atoms with Crippen molar-refractivity contribution < 1.29 is 35.8 Å². The summed E-state index contributed by atoms with van der Waals surface area (Å²) in [4.78, 5) is 0. The van der Waals surface area contributed by atoms with Gasteiger partial charge in [0, 0.05) is 0 Å². The summed E-state index contributed by atoms with van der Waals surface area (Å²) in [5, 5.41) is 1.76. The lowest BCUT2D eigenvalue weighted by molar-refractivity contribution is -0.410. The number of rotatable bonds is 0. The van der Waals surface area contributed by atoms with Gasteiger partial charge in [-0.1, -0.05) is 19.3 Å². The average molecular weight is 305 g/mol. The molecule has 0 aromatic rings. The summed E-state index contributed by atoms with van der Waals surface area (Å²) in [6.45, 7) is 0. The summed E-state index contributed by atoms with van der Waals surface area (Å²) in [5.74, 6) is 0. The fourth-order valence-corrected chi connectivity index (χ4v) is 3.23. The number of fused-ring (bicyclic) bond motifs is 2. The molecule has 2 heterocycles. The highest BCUT2D eigenvalue weighted by Crippen LogP contribution is 2.55. The Morgan fingerprint density at radius 3 is 1.95 bits per heavy atom. The van der Waals surface area contributed by atoms with E-state index in [4.69, 9.17) is 4.74 Å². The van der Waals surface area contributed by atoms with Gasteiger partial charge in [-0.15, -0.1) is 0 Å². The number of hydrogen-bond donors (Lipinski definition) is 1. The maximum Gasteiger partial charge on any atom is 0.440 e. The van der Waals surface area contributed by atoms with Gasteiger partial charge in [-0.25, -0.2) is 0 Å². The number of hydrogen-bond acceptors (Lipinski definition) is 3. The highest BCUT2D eigenvalue weighted by molar-refractivity contribution is 5.15. The summed E-state index contributed by atoms with van der Waals surface area (Å²) in [6.07, 6.45) is -11.0. The van der Waals surface area contributed by atoms with Crippen LogP contribution in [0.4, 0.5) is 26.3 Å². The first kappa shape index (κ1) is 14.4. The van der Waals surface area contributed by atoms with Gasteiger partial charge in [0.2, 0.25) is 0 Å². The van der Waals surface area contributed by atoms with Crippen LogP contribution in [0.2, 0.25) is 0 Å². The molecule has 0 radical (unpaired) electrons. The Kier molecular flexibility index (Phi) is 2.89. The lowest BCUT2D eigenvalue weighted by Crippen LogP contribution is -2.77. The predicted octanol–water partition coefficient (Wildman–Crippen LogP) is 2.85. The van der Waals surface area contributed by atoms with E-state index in [9.17, 15) is 26.3 Å². The molecule has 3 rings (SSSR count). The minimum absolute atomic E-state index is 0.228. The van der Waals surface area contributed by atoms with Gasteiger partial charge in [0.05, 0.1) is 5.54 Å². The third-order valence-electron chi connectivity index (χ3n) is 4.26. The molecule has 0 bridgehead atoms. The molecule has 1 saturated carbocycles. The Bertz CT molecular complexity index is 387. The summed E-state index contributed by atoms with van der Waals surface area (Å²) >= 11 is 0. The molecule has 0 aromatic carbocycles. The quantitative estimate of drug-likeness (QED) is 0.552. The van der Waals surface area contributed by atoms with Crippen molar-refractivity contribution in [1.82, 2.24) is 5.32 Å². The first-order chi connectivity index (χ1) is 9.11. The molecule has 1 aliphatic carbocycles. The zero-order valence-electron chi connectivity index (χ0n) is 10.3. The molecule has 0 aromatic heterocycles. The standard InChI is InChI=1S/C11H13F6NO2/c12-10(13,14)9(11(15,16)17)18-8(4-2-1-3-5-8)6-7(19-6)20-9/h6-7,18H,1-5H2. The fourth-order valence-electron chi connectivity index (χ4n) is 3.23. The monoisotopic (exact) mass is 305 g/mol. The van der Waals surface area contributed by atoms with Gasteiger partial charge in [-0.2, -0.15) is 26.3 Å². The second-order valence-corrected chi connectivity index (χ2v) is 5.56. The second-order valence-electron chi connectivity index (χ2n) is 5.56. The van der Waals surface area contributed by atoms with E-state index >= 15 is 0 Å². The Balaban J connectivity index is 2.00. The van der Waals surface area contributed by atoms with E-state index in [0.717, 1.165) is 6.42 Å². The number of alkyl halides is 6. The van der Waals surface area contributed by atoms with Crippen LogP contribution in [0.15, 0.2) is 0 Å². The van der Waals surface area contributed by atoms with Gasteiger partial charge < -0.3 is 9.47 Å². The van der Waals surface area contributed by atoms with Gasteiger partial charge >= 0.3 is 18.1 Å². The molecule has 2 unspecified atom stereocenters. The summed E-state index contributed by atoms with van der Waals surface area (Å²) in [7, 11) is 0. The normalized spacial score (nSPS) is 35.7. The van der Waals surface area contributed by atoms with E-state index in [1.807, 2.05) is 0 Å². The fraction of sp³-hybridized carbons (Fsp3) is 1.00. The minimum Gasteiger partial charge on any atom is -0.339 e. The lowest BCUT2D eigenvalue weighted by atomic mass is 9.77. The summed E-state index contributed by atoms with van der Waals surface area (Å²) in [6, 6.07) is 0. The zero-order chi connectivity index (χ0) is 14.8. The number of halogens is 6. The molecule has 9 heteroatoms. The highest BCUT2D eigenvalue weighted by Gasteiger charge is 2.81. The molecule has 3 fully saturated rings. The van der Waals surface area contributed by atoms with Crippen molar-refractivity contribution in [2.45, 2.75) is 68.1 Å². The van der Waals surface area contributed by atoms with Crippen LogP contribution < -0.4 is 5.32 Å². The first-order valence-electron chi connectivity index (χ1n) is 6.37. The molecular formula is C11H13F6NO2. The molecule has 2 atom stereocenters. The van der Waals surface area contributed by atoms with Crippen molar-refractivity contribution in [2.24, 2.45) is 0 Å². The van der Waals surface area contributed by atoms with Crippen LogP contribution in [-0.4, -0.2) is 36.0 Å². The Morgan fingerprint density at radius 1 is 0.900 bits per heavy atom. The lowest BCUT2D eigenvalue weighted by Gasteiger charge is -2.49. The number of ether oxygens (including phenoxy) is 2. The van der Waals surface area contributed by atoms with Crippen LogP contribution in [0.5, 0.6) is 0 Å². The Labute approximate surface area is 110 Å². The summed E-state index contributed by atoms with van der Waals surface area (Å²) in [5.41, 5.74) is -5.64. The van der Waals surface area contributed by atoms with E-state index in [1.165, 1.54) is 0 Å². The van der Waals surface area contributed by atoms with Gasteiger partial charge in [0.1, 0.15) is 6.10 Å². The second kappa shape index (κ2) is 4.01. The van der Waals surface area contributed by atoms with E-state index in [0.29, 0.717) is 12.8 Å². The number of epoxide rings is 1. The molecular weight excluding hydrogens is 292 g/mol. The van der Waals surface area contributed by atoms with Gasteiger partial charge in [-0.05, 0) is 12.8 Å². The van der Waals surface area contributed by atoms with Gasteiger partial charge in [0.25, 0.3) is 0 Å². The third kappa shape index (κ3) is 1.86. The van der Waals surface area contributed by atoms with Crippen LogP contribution in [-0.2, 0) is 9.47 Å². The van der Waals surface area contributed by atoms with Crippen molar-refractivity contribution in [3.05, 3.63) is 0 Å². The van der Waals surface area contributed by atoms with Crippen LogP contribution in [0.1, 0.15) is 32.1 Å². The van der Waals surface area contributed by atoms with Crippen molar-refractivity contribution in [3.8, 4) is 0 Å². The SMILES string of the molecule is FC(F)(F)C1(C(F)(F)F)NC2(CCCCC2)C2OC2O1. The maximum absolute atomic E-state index is 13.1. The molecule has 20 heavy (non-hydrogen) atoms. The highest BCUT2D eigenvalue weighted by atomic mass is 19.4. The number of nitrogens with one attached hydrogen (secondary N) is 1. The van der Waals surface area contributed by atoms with Crippen LogP contribution >= 0.6 is 0 Å². The Hall–Kier alpha value is -0.540. The van der Waals surface area contributed by atoms with E-state index in [-0.39, 0.29) is 12.8 Å². The smallest absolute Gasteiger partial charge is 0.339 e. The minimum atomic E-state index is -5.60. The zero-order valence-corrected chi connectivity index (χ0v) is 10.3. The molecule has 3 aliphatic rings. The molecule has 1 N–H and O–H groups in total. The van der Waals surface area contributed by atoms with Crippen molar-refractivity contribution in [1.29, 1.82) is 0 Å². The average Bonchev–Trinajstić information content (AvgIpc) is 3.07. The van der Waals surface area contributed by atoms with Crippen LogP contribution in [0.3, 0.4) is 0 Å². The molecule has 116 valence electrons. The predicted molar refractivity (Wildman–Crippen MR) is 53.5 cm³/mol. The largest absolute Gasteiger partial charge is 0.440 e. The summed E-state index contributed by atoms with van der Waals surface area (Å²) < 4.78 is 87.5. The molecule has 0 amide bonds. The van der Waals surface area contributed by atoms with Crippen LogP contribution in [0, 0.1) is 0 Å². The molecule has 1 spiro atoms. The van der Waals surface area contributed by atoms with Crippen LogP contribution in [0.25, 0.3) is 0 Å². The first-order valence-corrected chi connectivity index (χ1v) is 6.37. The van der Waals surface area contributed by atoms with Gasteiger partial charge in [0.15, 0.2) is 6.29 Å². The third-order valence-corrected chi connectivity index (χ3v) is 4.26. The van der Waals surface area contributed by atoms with Crippen molar-refractivity contribution >= 4 is 0 Å². The van der Waals surface area contributed by atoms with E-state index in [1.54, 1.807) is 5.32 Å². The maximum atomic E-state index is 13.1. The van der Waals surface area contributed by atoms with Crippen molar-refractivity contribution in [2.75, 3.05) is 0 Å².